The van der Waals surface area contributed by atoms with Gasteiger partial charge in [0.15, 0.2) is 0 Å². The first-order valence-electron chi connectivity index (χ1n) is 6.22. The van der Waals surface area contributed by atoms with Crippen LogP contribution in [0.25, 0.3) is 0 Å². The molecule has 2 nitrogen and oxygen atoms in total. The molecule has 0 aromatic carbocycles. The SMILES string of the molecule is CC1CC(NC2CCCCC2)CCO1. The van der Waals surface area contributed by atoms with Gasteiger partial charge < -0.3 is 10.1 Å². The summed E-state index contributed by atoms with van der Waals surface area (Å²) in [4.78, 5) is 0. The summed E-state index contributed by atoms with van der Waals surface area (Å²) in [6.07, 6.45) is 9.97. The third kappa shape index (κ3) is 2.96. The Bertz CT molecular complexity index is 166. The molecule has 0 aromatic rings. The molecule has 0 radical (unpaired) electrons. The van der Waals surface area contributed by atoms with Crippen LogP contribution in [0.4, 0.5) is 0 Å². The van der Waals surface area contributed by atoms with E-state index in [9.17, 15) is 0 Å². The molecule has 82 valence electrons. The smallest absolute Gasteiger partial charge is 0.0561 e. The summed E-state index contributed by atoms with van der Waals surface area (Å²) < 4.78 is 5.56. The molecule has 14 heavy (non-hydrogen) atoms. The molecule has 0 spiro atoms. The molecule has 2 atom stereocenters. The molecule has 1 saturated heterocycles. The van der Waals surface area contributed by atoms with E-state index in [-0.39, 0.29) is 0 Å². The maximum absolute atomic E-state index is 5.56. The lowest BCUT2D eigenvalue weighted by molar-refractivity contribution is 0.0104. The second kappa shape index (κ2) is 5.13. The average molecular weight is 197 g/mol. The van der Waals surface area contributed by atoms with Crippen molar-refractivity contribution < 1.29 is 4.74 Å². The second-order valence-electron chi connectivity index (χ2n) is 4.90. The highest BCUT2D eigenvalue weighted by Crippen LogP contribution is 2.20. The first-order chi connectivity index (χ1) is 6.84. The van der Waals surface area contributed by atoms with Gasteiger partial charge >= 0.3 is 0 Å². The molecule has 1 heterocycles. The van der Waals surface area contributed by atoms with Gasteiger partial charge in [-0.05, 0) is 32.6 Å². The van der Waals surface area contributed by atoms with Crippen LogP contribution in [0.2, 0.25) is 0 Å². The first-order valence-corrected chi connectivity index (χ1v) is 6.22. The van der Waals surface area contributed by atoms with E-state index in [1.54, 1.807) is 0 Å². The van der Waals surface area contributed by atoms with Crippen LogP contribution in [0, 0.1) is 0 Å². The third-order valence-corrected chi connectivity index (χ3v) is 3.56. The number of rotatable bonds is 2. The molecule has 0 amide bonds. The molecule has 2 heteroatoms. The Kier molecular flexibility index (Phi) is 3.82. The van der Waals surface area contributed by atoms with E-state index in [4.69, 9.17) is 4.74 Å². The van der Waals surface area contributed by atoms with Crippen molar-refractivity contribution in [3.05, 3.63) is 0 Å². The maximum Gasteiger partial charge on any atom is 0.0561 e. The highest BCUT2D eigenvalue weighted by molar-refractivity contribution is 4.80. The fraction of sp³-hybridized carbons (Fsp3) is 1.00. The molecule has 1 aliphatic carbocycles. The van der Waals surface area contributed by atoms with Crippen LogP contribution in [0.15, 0.2) is 0 Å². The highest BCUT2D eigenvalue weighted by atomic mass is 16.5. The average Bonchev–Trinajstić information content (AvgIpc) is 2.19. The van der Waals surface area contributed by atoms with E-state index < -0.39 is 0 Å². The minimum atomic E-state index is 0.463. The zero-order valence-corrected chi connectivity index (χ0v) is 9.30. The van der Waals surface area contributed by atoms with Crippen molar-refractivity contribution in [1.82, 2.24) is 5.32 Å². The van der Waals surface area contributed by atoms with Gasteiger partial charge in [0.05, 0.1) is 6.10 Å². The van der Waals surface area contributed by atoms with Crippen LogP contribution in [-0.4, -0.2) is 24.8 Å². The van der Waals surface area contributed by atoms with Crippen molar-refractivity contribution in [2.24, 2.45) is 0 Å². The van der Waals surface area contributed by atoms with Gasteiger partial charge in [-0.2, -0.15) is 0 Å². The van der Waals surface area contributed by atoms with Crippen LogP contribution in [0.3, 0.4) is 0 Å². The monoisotopic (exact) mass is 197 g/mol. The second-order valence-corrected chi connectivity index (χ2v) is 4.90. The van der Waals surface area contributed by atoms with Gasteiger partial charge in [-0.1, -0.05) is 19.3 Å². The highest BCUT2D eigenvalue weighted by Gasteiger charge is 2.22. The van der Waals surface area contributed by atoms with Gasteiger partial charge in [-0.3, -0.25) is 0 Å². The Hall–Kier alpha value is -0.0800. The molecule has 2 unspecified atom stereocenters. The molecule has 1 aliphatic heterocycles. The van der Waals surface area contributed by atoms with Crippen LogP contribution in [-0.2, 0) is 4.74 Å². The maximum atomic E-state index is 5.56. The molecular weight excluding hydrogens is 174 g/mol. The lowest BCUT2D eigenvalue weighted by Crippen LogP contribution is -2.44. The topological polar surface area (TPSA) is 21.3 Å². The Morgan fingerprint density at radius 3 is 2.50 bits per heavy atom. The van der Waals surface area contributed by atoms with Crippen molar-refractivity contribution >= 4 is 0 Å². The lowest BCUT2D eigenvalue weighted by Gasteiger charge is -2.33. The minimum Gasteiger partial charge on any atom is -0.378 e. The van der Waals surface area contributed by atoms with Gasteiger partial charge in [0.1, 0.15) is 0 Å². The fourth-order valence-corrected chi connectivity index (χ4v) is 2.75. The molecule has 2 fully saturated rings. The van der Waals surface area contributed by atoms with Gasteiger partial charge in [0, 0.05) is 18.7 Å². The van der Waals surface area contributed by atoms with Crippen LogP contribution >= 0.6 is 0 Å². The van der Waals surface area contributed by atoms with E-state index in [0.29, 0.717) is 6.10 Å². The van der Waals surface area contributed by atoms with E-state index >= 15 is 0 Å². The summed E-state index contributed by atoms with van der Waals surface area (Å²) in [6, 6.07) is 1.53. The lowest BCUT2D eigenvalue weighted by atomic mass is 9.93. The van der Waals surface area contributed by atoms with Crippen LogP contribution in [0.5, 0.6) is 0 Å². The van der Waals surface area contributed by atoms with Gasteiger partial charge in [0.25, 0.3) is 0 Å². The van der Waals surface area contributed by atoms with Gasteiger partial charge in [-0.25, -0.2) is 0 Å². The zero-order chi connectivity index (χ0) is 9.80. The van der Waals surface area contributed by atoms with E-state index in [0.717, 1.165) is 18.7 Å². The zero-order valence-electron chi connectivity index (χ0n) is 9.30. The summed E-state index contributed by atoms with van der Waals surface area (Å²) in [6.45, 7) is 3.14. The summed E-state index contributed by atoms with van der Waals surface area (Å²) in [5, 5.41) is 3.81. The van der Waals surface area contributed by atoms with E-state index in [2.05, 4.69) is 12.2 Å². The number of nitrogens with one attached hydrogen (secondary N) is 1. The molecule has 1 saturated carbocycles. The van der Waals surface area contributed by atoms with E-state index in [1.807, 2.05) is 0 Å². The van der Waals surface area contributed by atoms with Crippen molar-refractivity contribution in [1.29, 1.82) is 0 Å². The molecule has 1 N–H and O–H groups in total. The molecule has 0 bridgehead atoms. The quantitative estimate of drug-likeness (QED) is 0.734. The summed E-state index contributed by atoms with van der Waals surface area (Å²) in [5.41, 5.74) is 0. The Labute approximate surface area is 87.4 Å². The number of ether oxygens (including phenoxy) is 1. The largest absolute Gasteiger partial charge is 0.378 e. The first kappa shape index (κ1) is 10.4. The Balaban J connectivity index is 1.72. The van der Waals surface area contributed by atoms with Crippen molar-refractivity contribution in [3.8, 4) is 0 Å². The van der Waals surface area contributed by atoms with Gasteiger partial charge in [-0.15, -0.1) is 0 Å². The molecule has 2 rings (SSSR count). The summed E-state index contributed by atoms with van der Waals surface area (Å²) in [5.74, 6) is 0. The normalized spacial score (nSPS) is 35.8. The molecular formula is C12H23NO. The van der Waals surface area contributed by atoms with Crippen molar-refractivity contribution in [2.75, 3.05) is 6.61 Å². The Morgan fingerprint density at radius 1 is 1.00 bits per heavy atom. The molecule has 2 aliphatic rings. The number of hydrogen-bond donors (Lipinski definition) is 1. The van der Waals surface area contributed by atoms with Crippen LogP contribution < -0.4 is 5.32 Å². The fourth-order valence-electron chi connectivity index (χ4n) is 2.75. The van der Waals surface area contributed by atoms with Crippen molar-refractivity contribution in [2.45, 2.75) is 70.1 Å². The molecule has 0 aromatic heterocycles. The predicted molar refractivity (Wildman–Crippen MR) is 58.4 cm³/mol. The van der Waals surface area contributed by atoms with Crippen LogP contribution in [0.1, 0.15) is 51.9 Å². The summed E-state index contributed by atoms with van der Waals surface area (Å²) >= 11 is 0. The van der Waals surface area contributed by atoms with Crippen molar-refractivity contribution in [3.63, 3.8) is 0 Å². The standard InChI is InChI=1S/C12H23NO/c1-10-9-12(7-8-14-10)13-11-5-3-2-4-6-11/h10-13H,2-9H2,1H3. The Morgan fingerprint density at radius 2 is 1.79 bits per heavy atom. The minimum absolute atomic E-state index is 0.463. The third-order valence-electron chi connectivity index (χ3n) is 3.56. The van der Waals surface area contributed by atoms with E-state index in [1.165, 1.54) is 44.9 Å². The van der Waals surface area contributed by atoms with Gasteiger partial charge in [0.2, 0.25) is 0 Å². The summed E-state index contributed by atoms with van der Waals surface area (Å²) in [7, 11) is 0. The predicted octanol–water partition coefficient (Wildman–Crippen LogP) is 2.48. The number of hydrogen-bond acceptors (Lipinski definition) is 2.